The molecular weight excluding hydrogens is 263 g/mol. The van der Waals surface area contributed by atoms with Crippen molar-refractivity contribution >= 4 is 5.69 Å². The lowest BCUT2D eigenvalue weighted by Gasteiger charge is -2.43. The highest BCUT2D eigenvalue weighted by Gasteiger charge is 2.35. The standard InChI is InChI=1S/C18H29FN2/c1-4-20-13-18(11-5-6-15(2)12-18)14-21(3)17-9-7-16(19)8-10-17/h7-10,15,20H,4-6,11-14H2,1-3H3. The molecule has 2 nitrogen and oxygen atoms in total. The van der Waals surface area contributed by atoms with E-state index in [0.717, 1.165) is 31.2 Å². The van der Waals surface area contributed by atoms with Crippen LogP contribution in [-0.2, 0) is 0 Å². The van der Waals surface area contributed by atoms with Crippen molar-refractivity contribution < 1.29 is 4.39 Å². The second-order valence-electron chi connectivity index (χ2n) is 6.81. The van der Waals surface area contributed by atoms with Crippen molar-refractivity contribution in [1.29, 1.82) is 0 Å². The van der Waals surface area contributed by atoms with E-state index in [-0.39, 0.29) is 5.82 Å². The average Bonchev–Trinajstić information content (AvgIpc) is 2.46. The Morgan fingerprint density at radius 2 is 2.05 bits per heavy atom. The van der Waals surface area contributed by atoms with Gasteiger partial charge in [0, 0.05) is 31.2 Å². The first kappa shape index (κ1) is 16.3. The lowest BCUT2D eigenvalue weighted by Crippen LogP contribution is -2.45. The van der Waals surface area contributed by atoms with Crippen LogP contribution < -0.4 is 10.2 Å². The Morgan fingerprint density at radius 1 is 1.33 bits per heavy atom. The van der Waals surface area contributed by atoms with Crippen molar-refractivity contribution in [3.8, 4) is 0 Å². The van der Waals surface area contributed by atoms with Crippen LogP contribution in [0.15, 0.2) is 24.3 Å². The Balaban J connectivity index is 2.08. The van der Waals surface area contributed by atoms with Gasteiger partial charge in [-0.15, -0.1) is 0 Å². The number of anilines is 1. The zero-order chi connectivity index (χ0) is 15.3. The molecule has 118 valence electrons. The van der Waals surface area contributed by atoms with Crippen LogP contribution in [0.25, 0.3) is 0 Å². The van der Waals surface area contributed by atoms with Crippen molar-refractivity contribution in [3.05, 3.63) is 30.1 Å². The summed E-state index contributed by atoms with van der Waals surface area (Å²) in [4.78, 5) is 2.29. The van der Waals surface area contributed by atoms with Gasteiger partial charge in [0.2, 0.25) is 0 Å². The first-order valence-corrected chi connectivity index (χ1v) is 8.22. The van der Waals surface area contributed by atoms with E-state index in [0.29, 0.717) is 5.41 Å². The monoisotopic (exact) mass is 292 g/mol. The van der Waals surface area contributed by atoms with Crippen molar-refractivity contribution in [2.45, 2.75) is 39.5 Å². The minimum atomic E-state index is -0.166. The molecule has 0 saturated heterocycles. The van der Waals surface area contributed by atoms with Crippen LogP contribution in [0.5, 0.6) is 0 Å². The van der Waals surface area contributed by atoms with E-state index in [9.17, 15) is 4.39 Å². The number of benzene rings is 1. The van der Waals surface area contributed by atoms with Gasteiger partial charge in [-0.3, -0.25) is 0 Å². The Labute approximate surface area is 128 Å². The maximum absolute atomic E-state index is 13.1. The smallest absolute Gasteiger partial charge is 0.123 e. The molecule has 1 N–H and O–H groups in total. The molecule has 21 heavy (non-hydrogen) atoms. The fourth-order valence-electron chi connectivity index (χ4n) is 3.81. The molecule has 2 rings (SSSR count). The molecule has 1 aliphatic rings. The van der Waals surface area contributed by atoms with Crippen LogP contribution in [0.4, 0.5) is 10.1 Å². The quantitative estimate of drug-likeness (QED) is 0.850. The molecule has 1 aromatic rings. The van der Waals surface area contributed by atoms with Crippen LogP contribution in [0, 0.1) is 17.2 Å². The van der Waals surface area contributed by atoms with E-state index in [1.807, 2.05) is 12.1 Å². The highest BCUT2D eigenvalue weighted by molar-refractivity contribution is 5.45. The molecule has 0 bridgehead atoms. The number of hydrogen-bond donors (Lipinski definition) is 1. The topological polar surface area (TPSA) is 15.3 Å². The Kier molecular flexibility index (Phi) is 5.63. The molecule has 1 saturated carbocycles. The molecule has 0 amide bonds. The van der Waals surface area contributed by atoms with Crippen LogP contribution >= 0.6 is 0 Å². The fraction of sp³-hybridized carbons (Fsp3) is 0.667. The van der Waals surface area contributed by atoms with E-state index < -0.39 is 0 Å². The maximum Gasteiger partial charge on any atom is 0.123 e. The predicted octanol–water partition coefficient (Wildman–Crippen LogP) is 4.07. The van der Waals surface area contributed by atoms with Crippen molar-refractivity contribution in [3.63, 3.8) is 0 Å². The van der Waals surface area contributed by atoms with E-state index in [1.165, 1.54) is 25.7 Å². The van der Waals surface area contributed by atoms with Crippen LogP contribution in [-0.4, -0.2) is 26.7 Å². The van der Waals surface area contributed by atoms with E-state index in [4.69, 9.17) is 0 Å². The first-order valence-electron chi connectivity index (χ1n) is 8.22. The maximum atomic E-state index is 13.1. The third kappa shape index (κ3) is 4.44. The summed E-state index contributed by atoms with van der Waals surface area (Å²) in [7, 11) is 2.13. The molecular formula is C18H29FN2. The van der Waals surface area contributed by atoms with Gasteiger partial charge in [-0.25, -0.2) is 4.39 Å². The van der Waals surface area contributed by atoms with Crippen LogP contribution in [0.2, 0.25) is 0 Å². The summed E-state index contributed by atoms with van der Waals surface area (Å²) in [5, 5.41) is 3.56. The third-order valence-electron chi connectivity index (χ3n) is 4.78. The highest BCUT2D eigenvalue weighted by Crippen LogP contribution is 2.40. The summed E-state index contributed by atoms with van der Waals surface area (Å²) in [6, 6.07) is 6.85. The summed E-state index contributed by atoms with van der Waals surface area (Å²) < 4.78 is 13.1. The molecule has 1 aliphatic carbocycles. The second kappa shape index (κ2) is 7.26. The Bertz CT molecular complexity index is 431. The normalized spacial score (nSPS) is 25.8. The zero-order valence-corrected chi connectivity index (χ0v) is 13.7. The molecule has 2 atom stereocenters. The van der Waals surface area contributed by atoms with E-state index in [1.54, 1.807) is 12.1 Å². The summed E-state index contributed by atoms with van der Waals surface area (Å²) in [5.74, 6) is 0.639. The Morgan fingerprint density at radius 3 is 2.67 bits per heavy atom. The van der Waals surface area contributed by atoms with Gasteiger partial charge in [-0.1, -0.05) is 26.7 Å². The van der Waals surface area contributed by atoms with Gasteiger partial charge < -0.3 is 10.2 Å². The van der Waals surface area contributed by atoms with Crippen LogP contribution in [0.1, 0.15) is 39.5 Å². The van der Waals surface area contributed by atoms with Gasteiger partial charge in [0.1, 0.15) is 5.82 Å². The van der Waals surface area contributed by atoms with Crippen molar-refractivity contribution in [2.24, 2.45) is 11.3 Å². The molecule has 0 aliphatic heterocycles. The van der Waals surface area contributed by atoms with Gasteiger partial charge in [-0.05, 0) is 49.6 Å². The van der Waals surface area contributed by atoms with Crippen LogP contribution in [0.3, 0.4) is 0 Å². The summed E-state index contributed by atoms with van der Waals surface area (Å²) in [5.41, 5.74) is 1.45. The highest BCUT2D eigenvalue weighted by atomic mass is 19.1. The van der Waals surface area contributed by atoms with Gasteiger partial charge in [-0.2, -0.15) is 0 Å². The van der Waals surface area contributed by atoms with Gasteiger partial charge >= 0.3 is 0 Å². The summed E-state index contributed by atoms with van der Waals surface area (Å²) in [6.45, 7) is 7.69. The molecule has 0 heterocycles. The second-order valence-corrected chi connectivity index (χ2v) is 6.81. The molecule has 0 aromatic heterocycles. The molecule has 1 aromatic carbocycles. The Hall–Kier alpha value is -1.09. The van der Waals surface area contributed by atoms with Gasteiger partial charge in [0.05, 0.1) is 0 Å². The molecule has 3 heteroatoms. The predicted molar refractivity (Wildman–Crippen MR) is 88.3 cm³/mol. The molecule has 0 radical (unpaired) electrons. The number of rotatable bonds is 6. The number of nitrogens with zero attached hydrogens (tertiary/aromatic N) is 1. The number of hydrogen-bond acceptors (Lipinski definition) is 2. The van der Waals surface area contributed by atoms with E-state index >= 15 is 0 Å². The first-order chi connectivity index (χ1) is 10.0. The minimum Gasteiger partial charge on any atom is -0.374 e. The fourth-order valence-corrected chi connectivity index (χ4v) is 3.81. The molecule has 1 fully saturated rings. The largest absolute Gasteiger partial charge is 0.374 e. The van der Waals surface area contributed by atoms with Gasteiger partial charge in [0.25, 0.3) is 0 Å². The third-order valence-corrected chi connectivity index (χ3v) is 4.78. The van der Waals surface area contributed by atoms with Gasteiger partial charge in [0.15, 0.2) is 0 Å². The zero-order valence-electron chi connectivity index (χ0n) is 13.7. The minimum absolute atomic E-state index is 0.166. The summed E-state index contributed by atoms with van der Waals surface area (Å²) in [6.07, 6.45) is 5.25. The lowest BCUT2D eigenvalue weighted by molar-refractivity contribution is 0.149. The van der Waals surface area contributed by atoms with Crippen molar-refractivity contribution in [2.75, 3.05) is 31.6 Å². The van der Waals surface area contributed by atoms with E-state index in [2.05, 4.69) is 31.1 Å². The number of halogens is 1. The molecule has 2 unspecified atom stereocenters. The summed E-state index contributed by atoms with van der Waals surface area (Å²) >= 11 is 0. The average molecular weight is 292 g/mol. The SMILES string of the molecule is CCNCC1(CN(C)c2ccc(F)cc2)CCCC(C)C1. The molecule has 0 spiro atoms. The lowest BCUT2D eigenvalue weighted by atomic mass is 9.69. The number of nitrogens with one attached hydrogen (secondary N) is 1. The van der Waals surface area contributed by atoms with Crippen molar-refractivity contribution in [1.82, 2.24) is 5.32 Å².